The van der Waals surface area contributed by atoms with Gasteiger partial charge in [0.05, 0.1) is 0 Å². The van der Waals surface area contributed by atoms with Crippen LogP contribution in [-0.4, -0.2) is 28.0 Å². The van der Waals surface area contributed by atoms with E-state index >= 15 is 0 Å². The first-order valence-corrected chi connectivity index (χ1v) is 10.7. The van der Waals surface area contributed by atoms with E-state index < -0.39 is 19.3 Å². The summed E-state index contributed by atoms with van der Waals surface area (Å²) in [6.45, 7) is -5.91. The molecular weight excluding hydrogens is 452 g/mol. The molecule has 5 rings (SSSR count). The van der Waals surface area contributed by atoms with Crippen molar-refractivity contribution in [2.24, 2.45) is 0 Å². The van der Waals surface area contributed by atoms with Crippen molar-refractivity contribution in [2.75, 3.05) is 5.32 Å². The number of aromatic nitrogens is 3. The van der Waals surface area contributed by atoms with Crippen LogP contribution in [0.2, 0.25) is 0 Å². The molecule has 2 heterocycles. The molecule has 0 unspecified atom stereocenters. The topological polar surface area (TPSA) is 61.2 Å². The Bertz CT molecular complexity index is 1260. The Hall–Kier alpha value is -3.82. The minimum absolute atomic E-state index is 0.0597. The Morgan fingerprint density at radius 2 is 1.65 bits per heavy atom. The standard InChI is InChI=1S/C24H20F4N4O2/c25-22(26)33-18-10-3-1-6-14(18)12-15-7-5-9-17-20(15)31-24-29-13-30-32(24)21(17)16-8-2-4-11-19(16)34-23(27)28/h1-4,6,8,10-13,21-23H,5,7,9H2,(H,29,30,31)/b15-12-/t21-/m0/s1. The molecule has 176 valence electrons. The first-order chi connectivity index (χ1) is 16.5. The first-order valence-electron chi connectivity index (χ1n) is 10.7. The zero-order chi connectivity index (χ0) is 23.7. The van der Waals surface area contributed by atoms with Gasteiger partial charge in [-0.2, -0.15) is 27.6 Å². The molecule has 3 aromatic rings. The molecule has 2 aliphatic rings. The molecule has 1 aliphatic carbocycles. The van der Waals surface area contributed by atoms with Crippen LogP contribution < -0.4 is 14.8 Å². The van der Waals surface area contributed by atoms with E-state index in [-0.39, 0.29) is 11.5 Å². The quantitative estimate of drug-likeness (QED) is 0.445. The average molecular weight is 472 g/mol. The lowest BCUT2D eigenvalue weighted by Gasteiger charge is -2.35. The smallest absolute Gasteiger partial charge is 0.387 e. The van der Waals surface area contributed by atoms with Gasteiger partial charge in [-0.3, -0.25) is 0 Å². The van der Waals surface area contributed by atoms with Crippen molar-refractivity contribution in [3.63, 3.8) is 0 Å². The van der Waals surface area contributed by atoms with Gasteiger partial charge < -0.3 is 14.8 Å². The highest BCUT2D eigenvalue weighted by Crippen LogP contribution is 2.46. The fraction of sp³-hybridized carbons (Fsp3) is 0.250. The van der Waals surface area contributed by atoms with Crippen molar-refractivity contribution in [3.05, 3.63) is 82.8 Å². The van der Waals surface area contributed by atoms with Gasteiger partial charge in [0, 0.05) is 16.8 Å². The number of benzene rings is 2. The lowest BCUT2D eigenvalue weighted by atomic mass is 9.83. The Labute approximate surface area is 192 Å². The molecular formula is C24H20F4N4O2. The predicted molar refractivity (Wildman–Crippen MR) is 117 cm³/mol. The number of alkyl halides is 4. The van der Waals surface area contributed by atoms with Gasteiger partial charge >= 0.3 is 13.2 Å². The molecule has 0 fully saturated rings. The van der Waals surface area contributed by atoms with Gasteiger partial charge in [0.2, 0.25) is 5.95 Å². The van der Waals surface area contributed by atoms with Crippen molar-refractivity contribution in [1.29, 1.82) is 0 Å². The summed E-state index contributed by atoms with van der Waals surface area (Å²) in [6.07, 6.45) is 5.35. The third-order valence-electron chi connectivity index (χ3n) is 5.81. The molecule has 2 aromatic carbocycles. The van der Waals surface area contributed by atoms with Crippen LogP contribution in [0.5, 0.6) is 11.5 Å². The fourth-order valence-corrected chi connectivity index (χ4v) is 4.51. The van der Waals surface area contributed by atoms with Gasteiger partial charge in [0.15, 0.2) is 0 Å². The molecule has 0 saturated carbocycles. The predicted octanol–water partition coefficient (Wildman–Crippen LogP) is 6.02. The number of anilines is 1. The molecule has 0 spiro atoms. The summed E-state index contributed by atoms with van der Waals surface area (Å²) in [4.78, 5) is 4.28. The molecule has 34 heavy (non-hydrogen) atoms. The van der Waals surface area contributed by atoms with E-state index in [1.54, 1.807) is 41.1 Å². The average Bonchev–Trinajstić information content (AvgIpc) is 3.27. The number of ether oxygens (including phenoxy) is 2. The zero-order valence-electron chi connectivity index (χ0n) is 17.8. The van der Waals surface area contributed by atoms with Crippen LogP contribution in [0.3, 0.4) is 0 Å². The number of hydrogen-bond acceptors (Lipinski definition) is 5. The maximum absolute atomic E-state index is 13.1. The Kier molecular flexibility index (Phi) is 5.95. The van der Waals surface area contributed by atoms with Gasteiger partial charge in [0.25, 0.3) is 0 Å². The maximum Gasteiger partial charge on any atom is 0.387 e. The van der Waals surface area contributed by atoms with Crippen LogP contribution in [0.15, 0.2) is 71.7 Å². The zero-order valence-corrected chi connectivity index (χ0v) is 17.8. The molecule has 0 amide bonds. The van der Waals surface area contributed by atoms with Crippen molar-refractivity contribution in [3.8, 4) is 11.5 Å². The summed E-state index contributed by atoms with van der Waals surface area (Å²) in [7, 11) is 0. The van der Waals surface area contributed by atoms with Gasteiger partial charge in [0.1, 0.15) is 23.9 Å². The molecule has 1 aliphatic heterocycles. The van der Waals surface area contributed by atoms with Crippen LogP contribution in [0.4, 0.5) is 23.5 Å². The van der Waals surface area contributed by atoms with Crippen LogP contribution in [-0.2, 0) is 0 Å². The summed E-state index contributed by atoms with van der Waals surface area (Å²) in [5, 5.41) is 7.62. The van der Waals surface area contributed by atoms with Crippen molar-refractivity contribution < 1.29 is 27.0 Å². The maximum atomic E-state index is 13.1. The highest BCUT2D eigenvalue weighted by Gasteiger charge is 2.35. The minimum Gasteiger partial charge on any atom is -0.434 e. The second-order valence-electron chi connectivity index (χ2n) is 7.81. The Morgan fingerprint density at radius 1 is 0.941 bits per heavy atom. The van der Waals surface area contributed by atoms with Crippen LogP contribution in [0.1, 0.15) is 36.4 Å². The van der Waals surface area contributed by atoms with Crippen molar-refractivity contribution in [2.45, 2.75) is 38.5 Å². The monoisotopic (exact) mass is 472 g/mol. The van der Waals surface area contributed by atoms with Gasteiger partial charge in [-0.05, 0) is 48.6 Å². The second kappa shape index (κ2) is 9.20. The number of para-hydroxylation sites is 2. The summed E-state index contributed by atoms with van der Waals surface area (Å²) < 4.78 is 63.1. The largest absolute Gasteiger partial charge is 0.434 e. The molecule has 6 nitrogen and oxygen atoms in total. The van der Waals surface area contributed by atoms with Crippen molar-refractivity contribution >= 4 is 12.0 Å². The van der Waals surface area contributed by atoms with Gasteiger partial charge in [-0.25, -0.2) is 4.68 Å². The van der Waals surface area contributed by atoms with E-state index in [1.165, 1.54) is 18.5 Å². The normalized spacial score (nSPS) is 18.6. The molecule has 10 heteroatoms. The summed E-state index contributed by atoms with van der Waals surface area (Å²) in [5.41, 5.74) is 3.62. The fourth-order valence-electron chi connectivity index (χ4n) is 4.51. The highest BCUT2D eigenvalue weighted by atomic mass is 19.3. The van der Waals surface area contributed by atoms with Crippen LogP contribution in [0.25, 0.3) is 6.08 Å². The first kappa shape index (κ1) is 22.0. The summed E-state index contributed by atoms with van der Waals surface area (Å²) in [6, 6.07) is 12.7. The molecule has 0 saturated heterocycles. The number of nitrogens with one attached hydrogen (secondary N) is 1. The third-order valence-corrected chi connectivity index (χ3v) is 5.81. The molecule has 1 N–H and O–H groups in total. The Morgan fingerprint density at radius 3 is 2.44 bits per heavy atom. The lowest BCUT2D eigenvalue weighted by Crippen LogP contribution is -2.28. The molecule has 0 radical (unpaired) electrons. The Balaban J connectivity index is 1.63. The van der Waals surface area contributed by atoms with Crippen molar-refractivity contribution in [1.82, 2.24) is 14.8 Å². The van der Waals surface area contributed by atoms with Gasteiger partial charge in [-0.1, -0.05) is 36.4 Å². The second-order valence-corrected chi connectivity index (χ2v) is 7.81. The van der Waals surface area contributed by atoms with E-state index in [2.05, 4.69) is 20.1 Å². The third kappa shape index (κ3) is 4.23. The van der Waals surface area contributed by atoms with E-state index in [1.807, 2.05) is 6.08 Å². The molecule has 0 bridgehead atoms. The number of allylic oxidation sites excluding steroid dienone is 2. The van der Waals surface area contributed by atoms with E-state index in [0.717, 1.165) is 23.3 Å². The number of rotatable bonds is 6. The SMILES string of the molecule is FC(F)Oc1ccccc1/C=C1/CCCC2=C1Nc1ncnn1[C@H]2c1ccccc1OC(F)F. The van der Waals surface area contributed by atoms with Crippen LogP contribution in [0, 0.1) is 0 Å². The summed E-state index contributed by atoms with van der Waals surface area (Å²) in [5.74, 6) is 0.578. The molecule has 1 aromatic heterocycles. The number of fused-ring (bicyclic) bond motifs is 1. The van der Waals surface area contributed by atoms with E-state index in [4.69, 9.17) is 4.74 Å². The van der Waals surface area contributed by atoms with Gasteiger partial charge in [-0.15, -0.1) is 0 Å². The highest BCUT2D eigenvalue weighted by molar-refractivity contribution is 5.68. The summed E-state index contributed by atoms with van der Waals surface area (Å²) >= 11 is 0. The minimum atomic E-state index is -2.97. The van der Waals surface area contributed by atoms with Crippen LogP contribution >= 0.6 is 0 Å². The number of hydrogen-bond donors (Lipinski definition) is 1. The number of nitrogens with zero attached hydrogens (tertiary/aromatic N) is 3. The van der Waals surface area contributed by atoms with E-state index in [9.17, 15) is 17.6 Å². The number of halogens is 4. The molecule has 1 atom stereocenters. The van der Waals surface area contributed by atoms with E-state index in [0.29, 0.717) is 29.9 Å². The lowest BCUT2D eigenvalue weighted by molar-refractivity contribution is -0.0510.